The second kappa shape index (κ2) is 7.90. The molecule has 3 heterocycles. The van der Waals surface area contributed by atoms with Crippen molar-refractivity contribution in [2.75, 3.05) is 0 Å². The smallest absolute Gasteiger partial charge is 0.253 e. The Balaban J connectivity index is 1.34. The Labute approximate surface area is 184 Å². The average Bonchev–Trinajstić information content (AvgIpc) is 3.30. The van der Waals surface area contributed by atoms with Crippen molar-refractivity contribution in [2.45, 2.75) is 16.3 Å². The lowest BCUT2D eigenvalue weighted by Gasteiger charge is -2.09. The third-order valence-corrected chi connectivity index (χ3v) is 7.06. The third-order valence-electron chi connectivity index (χ3n) is 5.26. The summed E-state index contributed by atoms with van der Waals surface area (Å²) in [6.45, 7) is 0.275. The van der Waals surface area contributed by atoms with Crippen LogP contribution in [0.2, 0.25) is 0 Å². The highest BCUT2D eigenvalue weighted by Crippen LogP contribution is 2.27. The van der Waals surface area contributed by atoms with E-state index in [0.29, 0.717) is 10.9 Å². The molecular weight excluding hydrogens is 424 g/mol. The molecule has 0 radical (unpaired) electrons. The molecule has 0 aliphatic carbocycles. The summed E-state index contributed by atoms with van der Waals surface area (Å²) in [6, 6.07) is 17.2. The van der Waals surface area contributed by atoms with Crippen LogP contribution in [0.4, 0.5) is 0 Å². The van der Waals surface area contributed by atoms with Gasteiger partial charge >= 0.3 is 0 Å². The van der Waals surface area contributed by atoms with E-state index in [1.807, 2.05) is 12.1 Å². The Bertz CT molecular complexity index is 1550. The Kier molecular flexibility index (Phi) is 4.91. The van der Waals surface area contributed by atoms with Crippen LogP contribution in [0.15, 0.2) is 101 Å². The van der Waals surface area contributed by atoms with Gasteiger partial charge in [-0.25, -0.2) is 13.4 Å². The molecule has 7 nitrogen and oxygen atoms in total. The number of nitrogens with zero attached hydrogens (tertiary/aromatic N) is 3. The van der Waals surface area contributed by atoms with E-state index >= 15 is 0 Å². The molecule has 158 valence electrons. The first kappa shape index (κ1) is 19.9. The Morgan fingerprint density at radius 3 is 2.62 bits per heavy atom. The van der Waals surface area contributed by atoms with Gasteiger partial charge in [0.1, 0.15) is 5.65 Å². The van der Waals surface area contributed by atoms with E-state index in [1.165, 1.54) is 6.20 Å². The predicted molar refractivity (Wildman–Crippen MR) is 120 cm³/mol. The molecule has 0 saturated heterocycles. The number of carbonyl (C=O) groups is 1. The summed E-state index contributed by atoms with van der Waals surface area (Å²) in [5.41, 5.74) is 2.06. The summed E-state index contributed by atoms with van der Waals surface area (Å²) in [5.74, 6) is -0.223. The lowest BCUT2D eigenvalue weighted by Crippen LogP contribution is -2.23. The quantitative estimate of drug-likeness (QED) is 0.449. The van der Waals surface area contributed by atoms with Crippen molar-refractivity contribution in [1.29, 1.82) is 0 Å². The van der Waals surface area contributed by atoms with Gasteiger partial charge in [-0.05, 0) is 29.8 Å². The molecule has 5 aromatic rings. The molecule has 32 heavy (non-hydrogen) atoms. The van der Waals surface area contributed by atoms with Crippen LogP contribution >= 0.6 is 0 Å². The minimum atomic E-state index is -3.73. The highest BCUT2D eigenvalue weighted by molar-refractivity contribution is 7.91. The first-order valence-corrected chi connectivity index (χ1v) is 11.4. The van der Waals surface area contributed by atoms with E-state index in [-0.39, 0.29) is 22.2 Å². The van der Waals surface area contributed by atoms with Gasteiger partial charge in [0.2, 0.25) is 9.84 Å². The van der Waals surface area contributed by atoms with Crippen molar-refractivity contribution in [3.8, 4) is 0 Å². The molecule has 0 aliphatic rings. The van der Waals surface area contributed by atoms with Crippen LogP contribution in [0.1, 0.15) is 15.9 Å². The van der Waals surface area contributed by atoms with Gasteiger partial charge in [0.25, 0.3) is 5.91 Å². The van der Waals surface area contributed by atoms with Crippen LogP contribution in [0.3, 0.4) is 0 Å². The van der Waals surface area contributed by atoms with Crippen LogP contribution in [0.25, 0.3) is 16.4 Å². The molecule has 0 bridgehead atoms. The van der Waals surface area contributed by atoms with E-state index < -0.39 is 9.84 Å². The number of benzene rings is 2. The maximum atomic E-state index is 13.2. The average molecular weight is 443 g/mol. The van der Waals surface area contributed by atoms with Gasteiger partial charge in [0.05, 0.1) is 15.4 Å². The van der Waals surface area contributed by atoms with Crippen LogP contribution in [0.5, 0.6) is 0 Å². The molecular formula is C24H18N4O3S. The molecule has 0 atom stereocenters. The molecule has 0 aliphatic heterocycles. The number of hydrogen-bond acceptors (Lipinski definition) is 5. The van der Waals surface area contributed by atoms with Gasteiger partial charge in [-0.2, -0.15) is 0 Å². The number of fused-ring (bicyclic) bond motifs is 2. The van der Waals surface area contributed by atoms with Crippen molar-refractivity contribution >= 4 is 32.2 Å². The molecule has 0 unspecified atom stereocenters. The Hall–Kier alpha value is -4.04. The van der Waals surface area contributed by atoms with Crippen molar-refractivity contribution in [1.82, 2.24) is 19.7 Å². The van der Waals surface area contributed by atoms with Crippen molar-refractivity contribution in [2.24, 2.45) is 0 Å². The first-order chi connectivity index (χ1) is 15.5. The number of carbonyl (C=O) groups excluding carboxylic acids is 1. The lowest BCUT2D eigenvalue weighted by atomic mass is 10.2. The molecule has 1 amide bonds. The van der Waals surface area contributed by atoms with E-state index in [2.05, 4.69) is 15.3 Å². The zero-order valence-corrected chi connectivity index (χ0v) is 17.7. The highest BCUT2D eigenvalue weighted by Gasteiger charge is 2.20. The van der Waals surface area contributed by atoms with Gasteiger partial charge < -0.3 is 9.72 Å². The van der Waals surface area contributed by atoms with Crippen LogP contribution in [-0.4, -0.2) is 28.7 Å². The molecule has 1 N–H and O–H groups in total. The summed E-state index contributed by atoms with van der Waals surface area (Å²) < 4.78 is 28.1. The summed E-state index contributed by atoms with van der Waals surface area (Å²) in [7, 11) is -3.73. The molecule has 0 fully saturated rings. The standard InChI is InChI=1S/C24H18N4O3S/c29-24(19-7-10-23-26-11-12-28(23)16-19)27-13-17-5-8-20(9-6-17)32(30,31)22-15-25-14-18-3-1-2-4-21(18)22/h1-12,14-16H,13H2,(H,27,29). The SMILES string of the molecule is O=C(NCc1ccc(S(=O)(=O)c2cncc3ccccc23)cc1)c1ccc2nccn2c1. The lowest BCUT2D eigenvalue weighted by molar-refractivity contribution is 0.0950. The molecule has 3 aromatic heterocycles. The number of sulfone groups is 1. The van der Waals surface area contributed by atoms with Crippen molar-refractivity contribution < 1.29 is 13.2 Å². The predicted octanol–water partition coefficient (Wildman–Crippen LogP) is 3.65. The fourth-order valence-electron chi connectivity index (χ4n) is 3.56. The van der Waals surface area contributed by atoms with E-state index in [0.717, 1.165) is 16.6 Å². The summed E-state index contributed by atoms with van der Waals surface area (Å²) in [6.07, 6.45) is 8.18. The summed E-state index contributed by atoms with van der Waals surface area (Å²) in [5, 5.41) is 4.25. The summed E-state index contributed by atoms with van der Waals surface area (Å²) >= 11 is 0. The fourth-order valence-corrected chi connectivity index (χ4v) is 4.98. The highest BCUT2D eigenvalue weighted by atomic mass is 32.2. The molecule has 0 saturated carbocycles. The van der Waals surface area contributed by atoms with E-state index in [9.17, 15) is 13.2 Å². The van der Waals surface area contributed by atoms with Gasteiger partial charge in [0.15, 0.2) is 0 Å². The first-order valence-electron chi connectivity index (χ1n) is 9.90. The Morgan fingerprint density at radius 1 is 0.969 bits per heavy atom. The maximum absolute atomic E-state index is 13.2. The number of pyridine rings is 2. The van der Waals surface area contributed by atoms with E-state index in [1.54, 1.807) is 77.7 Å². The fraction of sp³-hybridized carbons (Fsp3) is 0.0417. The van der Waals surface area contributed by atoms with Crippen LogP contribution in [0, 0.1) is 0 Å². The zero-order valence-electron chi connectivity index (χ0n) is 16.8. The van der Waals surface area contributed by atoms with Crippen molar-refractivity contribution in [3.63, 3.8) is 0 Å². The molecule has 0 spiro atoms. The normalized spacial score (nSPS) is 11.6. The second-order valence-corrected chi connectivity index (χ2v) is 9.22. The number of imidazole rings is 1. The van der Waals surface area contributed by atoms with Gasteiger partial charge in [-0.3, -0.25) is 9.78 Å². The largest absolute Gasteiger partial charge is 0.348 e. The van der Waals surface area contributed by atoms with Gasteiger partial charge in [-0.15, -0.1) is 0 Å². The molecule has 2 aromatic carbocycles. The van der Waals surface area contributed by atoms with Gasteiger partial charge in [-0.1, -0.05) is 36.4 Å². The number of amides is 1. The third kappa shape index (κ3) is 3.61. The van der Waals surface area contributed by atoms with Crippen LogP contribution < -0.4 is 5.32 Å². The minimum absolute atomic E-state index is 0.173. The minimum Gasteiger partial charge on any atom is -0.348 e. The monoisotopic (exact) mass is 442 g/mol. The van der Waals surface area contributed by atoms with Crippen molar-refractivity contribution in [3.05, 3.63) is 103 Å². The zero-order chi connectivity index (χ0) is 22.1. The number of aromatic nitrogens is 3. The molecule has 5 rings (SSSR count). The number of hydrogen-bond donors (Lipinski definition) is 1. The number of rotatable bonds is 5. The van der Waals surface area contributed by atoms with Crippen LogP contribution in [-0.2, 0) is 16.4 Å². The topological polar surface area (TPSA) is 93.4 Å². The number of nitrogens with one attached hydrogen (secondary N) is 1. The second-order valence-electron chi connectivity index (χ2n) is 7.30. The van der Waals surface area contributed by atoms with Gasteiger partial charge in [0, 0.05) is 48.3 Å². The van der Waals surface area contributed by atoms with E-state index in [4.69, 9.17) is 0 Å². The summed E-state index contributed by atoms with van der Waals surface area (Å²) in [4.78, 5) is 21.1. The molecule has 8 heteroatoms. The Morgan fingerprint density at radius 2 is 1.78 bits per heavy atom. The maximum Gasteiger partial charge on any atom is 0.253 e.